The third-order valence-corrected chi connectivity index (χ3v) is 3.10. The summed E-state index contributed by atoms with van der Waals surface area (Å²) in [6, 6.07) is 7.44. The number of nitrogens with zero attached hydrogens (tertiary/aromatic N) is 4. The van der Waals surface area contributed by atoms with Crippen molar-refractivity contribution in [3.05, 3.63) is 42.4 Å². The summed E-state index contributed by atoms with van der Waals surface area (Å²) in [6.45, 7) is 0. The summed E-state index contributed by atoms with van der Waals surface area (Å²) in [7, 11) is 3.70. The van der Waals surface area contributed by atoms with Gasteiger partial charge in [-0.05, 0) is 12.1 Å². The summed E-state index contributed by atoms with van der Waals surface area (Å²) < 4.78 is 5.18. The fourth-order valence-corrected chi connectivity index (χ4v) is 2.04. The minimum Gasteiger partial charge on any atom is -0.356 e. The van der Waals surface area contributed by atoms with Crippen LogP contribution in [-0.2, 0) is 11.2 Å². The van der Waals surface area contributed by atoms with Crippen LogP contribution in [0.25, 0.3) is 11.0 Å². The fraction of sp³-hybridized carbons (Fsp3) is 0.200. The van der Waals surface area contributed by atoms with E-state index in [-0.39, 0.29) is 12.3 Å². The van der Waals surface area contributed by atoms with Crippen molar-refractivity contribution < 1.29 is 9.32 Å². The molecule has 0 spiro atoms. The summed E-state index contributed by atoms with van der Waals surface area (Å²) in [4.78, 5) is 22.2. The van der Waals surface area contributed by atoms with Gasteiger partial charge in [0.2, 0.25) is 11.9 Å². The number of amides is 1. The van der Waals surface area contributed by atoms with Crippen LogP contribution in [0.2, 0.25) is 0 Å². The van der Waals surface area contributed by atoms with Crippen LogP contribution in [-0.4, -0.2) is 35.1 Å². The first kappa shape index (κ1) is 14.0. The minimum absolute atomic E-state index is 0.131. The van der Waals surface area contributed by atoms with E-state index in [9.17, 15) is 4.79 Å². The number of carbonyl (C=O) groups is 1. The molecule has 22 heavy (non-hydrogen) atoms. The van der Waals surface area contributed by atoms with Gasteiger partial charge >= 0.3 is 0 Å². The van der Waals surface area contributed by atoms with Gasteiger partial charge in [-0.1, -0.05) is 17.3 Å². The second-order valence-corrected chi connectivity index (χ2v) is 5.02. The molecule has 7 heteroatoms. The van der Waals surface area contributed by atoms with Gasteiger partial charge in [0.1, 0.15) is 5.69 Å². The van der Waals surface area contributed by atoms with Crippen molar-refractivity contribution in [1.29, 1.82) is 0 Å². The van der Waals surface area contributed by atoms with E-state index in [1.807, 2.05) is 38.4 Å². The number of benzene rings is 1. The zero-order valence-electron chi connectivity index (χ0n) is 12.3. The second kappa shape index (κ2) is 5.80. The molecule has 1 N–H and O–H groups in total. The van der Waals surface area contributed by atoms with Crippen LogP contribution in [0.5, 0.6) is 0 Å². The highest BCUT2D eigenvalue weighted by Gasteiger charge is 2.12. The summed E-state index contributed by atoms with van der Waals surface area (Å²) in [6.07, 6.45) is 3.27. The Bertz CT molecular complexity index is 795. The van der Waals surface area contributed by atoms with Gasteiger partial charge in [0.05, 0.1) is 24.5 Å². The molecular formula is C15H15N5O2. The Morgan fingerprint density at radius 1 is 1.23 bits per heavy atom. The Labute approximate surface area is 127 Å². The molecule has 0 atom stereocenters. The molecule has 0 aliphatic carbocycles. The molecule has 0 saturated heterocycles. The van der Waals surface area contributed by atoms with Gasteiger partial charge in [-0.2, -0.15) is 0 Å². The van der Waals surface area contributed by atoms with E-state index in [0.29, 0.717) is 22.9 Å². The molecular weight excluding hydrogens is 282 g/mol. The van der Waals surface area contributed by atoms with Crippen molar-refractivity contribution in [2.24, 2.45) is 0 Å². The predicted octanol–water partition coefficient (Wildman–Crippen LogP) is 1.86. The first-order valence-electron chi connectivity index (χ1n) is 6.76. The molecule has 3 rings (SSSR count). The molecule has 0 aliphatic heterocycles. The number of nitrogens with one attached hydrogen (secondary N) is 1. The molecule has 0 fully saturated rings. The maximum Gasteiger partial charge on any atom is 0.230 e. The zero-order valence-corrected chi connectivity index (χ0v) is 12.3. The van der Waals surface area contributed by atoms with Crippen LogP contribution in [0, 0.1) is 0 Å². The Balaban J connectivity index is 1.69. The van der Waals surface area contributed by atoms with Gasteiger partial charge in [-0.25, -0.2) is 9.97 Å². The number of rotatable bonds is 4. The lowest BCUT2D eigenvalue weighted by Gasteiger charge is -2.10. The van der Waals surface area contributed by atoms with Crippen LogP contribution in [0.1, 0.15) is 5.69 Å². The molecule has 3 aromatic rings. The van der Waals surface area contributed by atoms with Crippen LogP contribution >= 0.6 is 0 Å². The molecule has 0 unspecified atom stereocenters. The Morgan fingerprint density at radius 2 is 1.95 bits per heavy atom. The first-order valence-corrected chi connectivity index (χ1v) is 6.76. The molecule has 112 valence electrons. The van der Waals surface area contributed by atoms with Crippen LogP contribution in [0.4, 0.5) is 11.6 Å². The third-order valence-electron chi connectivity index (χ3n) is 3.10. The van der Waals surface area contributed by atoms with Gasteiger partial charge < -0.3 is 14.7 Å². The molecule has 2 heterocycles. The van der Waals surface area contributed by atoms with Crippen molar-refractivity contribution in [2.75, 3.05) is 24.3 Å². The number of para-hydroxylation sites is 1. The maximum atomic E-state index is 12.1. The summed E-state index contributed by atoms with van der Waals surface area (Å²) in [5.74, 6) is 0.390. The SMILES string of the molecule is CN(C)c1ncc(NC(=O)Cc2noc3ccccc23)cn1. The van der Waals surface area contributed by atoms with Crippen molar-refractivity contribution >= 4 is 28.5 Å². The van der Waals surface area contributed by atoms with Crippen molar-refractivity contribution in [2.45, 2.75) is 6.42 Å². The smallest absolute Gasteiger partial charge is 0.230 e. The average Bonchev–Trinajstić information content (AvgIpc) is 2.91. The van der Waals surface area contributed by atoms with E-state index in [0.717, 1.165) is 5.39 Å². The minimum atomic E-state index is -0.194. The average molecular weight is 297 g/mol. The molecule has 7 nitrogen and oxygen atoms in total. The molecule has 0 aliphatic rings. The van der Waals surface area contributed by atoms with Crippen LogP contribution in [0.15, 0.2) is 41.2 Å². The molecule has 0 saturated carbocycles. The van der Waals surface area contributed by atoms with Gasteiger partial charge in [0, 0.05) is 19.5 Å². The van der Waals surface area contributed by atoms with E-state index in [1.165, 1.54) is 0 Å². The van der Waals surface area contributed by atoms with Gasteiger partial charge in [-0.15, -0.1) is 0 Å². The molecule has 0 radical (unpaired) electrons. The van der Waals surface area contributed by atoms with Crippen molar-refractivity contribution in [3.63, 3.8) is 0 Å². The third kappa shape index (κ3) is 2.88. The Morgan fingerprint density at radius 3 is 2.68 bits per heavy atom. The largest absolute Gasteiger partial charge is 0.356 e. The van der Waals surface area contributed by atoms with E-state index in [4.69, 9.17) is 4.52 Å². The molecule has 0 bridgehead atoms. The monoisotopic (exact) mass is 297 g/mol. The maximum absolute atomic E-state index is 12.1. The second-order valence-electron chi connectivity index (χ2n) is 5.02. The van der Waals surface area contributed by atoms with Crippen LogP contribution < -0.4 is 10.2 Å². The number of fused-ring (bicyclic) bond motifs is 1. The van der Waals surface area contributed by atoms with E-state index < -0.39 is 0 Å². The topological polar surface area (TPSA) is 84.2 Å². The zero-order chi connectivity index (χ0) is 15.5. The number of aromatic nitrogens is 3. The molecule has 1 aromatic carbocycles. The lowest BCUT2D eigenvalue weighted by atomic mass is 10.1. The Kier molecular flexibility index (Phi) is 3.69. The fourth-order valence-electron chi connectivity index (χ4n) is 2.04. The number of anilines is 2. The first-order chi connectivity index (χ1) is 10.6. The summed E-state index contributed by atoms with van der Waals surface area (Å²) in [5.41, 5.74) is 1.83. The highest BCUT2D eigenvalue weighted by Crippen LogP contribution is 2.18. The summed E-state index contributed by atoms with van der Waals surface area (Å²) in [5, 5.41) is 7.53. The molecule has 2 aromatic heterocycles. The number of hydrogen-bond donors (Lipinski definition) is 1. The van der Waals surface area contributed by atoms with Crippen LogP contribution in [0.3, 0.4) is 0 Å². The Hall–Kier alpha value is -2.96. The van der Waals surface area contributed by atoms with E-state index in [1.54, 1.807) is 17.3 Å². The lowest BCUT2D eigenvalue weighted by Crippen LogP contribution is -2.16. The predicted molar refractivity (Wildman–Crippen MR) is 82.7 cm³/mol. The number of carbonyl (C=O) groups excluding carboxylic acids is 1. The van der Waals surface area contributed by atoms with Gasteiger partial charge in [-0.3, -0.25) is 4.79 Å². The quantitative estimate of drug-likeness (QED) is 0.791. The lowest BCUT2D eigenvalue weighted by molar-refractivity contribution is -0.115. The van der Waals surface area contributed by atoms with Gasteiger partial charge in [0.15, 0.2) is 5.58 Å². The van der Waals surface area contributed by atoms with Crippen molar-refractivity contribution in [1.82, 2.24) is 15.1 Å². The van der Waals surface area contributed by atoms with Gasteiger partial charge in [0.25, 0.3) is 0 Å². The van der Waals surface area contributed by atoms with E-state index in [2.05, 4.69) is 20.4 Å². The number of hydrogen-bond acceptors (Lipinski definition) is 6. The standard InChI is InChI=1S/C15H15N5O2/c1-20(2)15-16-8-10(9-17-15)18-14(21)7-12-11-5-3-4-6-13(11)22-19-12/h3-6,8-9H,7H2,1-2H3,(H,18,21). The summed E-state index contributed by atoms with van der Waals surface area (Å²) >= 11 is 0. The molecule has 1 amide bonds. The normalized spacial score (nSPS) is 10.6. The van der Waals surface area contributed by atoms with E-state index >= 15 is 0 Å². The highest BCUT2D eigenvalue weighted by molar-refractivity contribution is 5.94. The van der Waals surface area contributed by atoms with Crippen molar-refractivity contribution in [3.8, 4) is 0 Å². The highest BCUT2D eigenvalue weighted by atomic mass is 16.5.